The van der Waals surface area contributed by atoms with Crippen LogP contribution in [0, 0.1) is 11.8 Å². The van der Waals surface area contributed by atoms with Gasteiger partial charge in [-0.25, -0.2) is 4.79 Å². The summed E-state index contributed by atoms with van der Waals surface area (Å²) in [4.78, 5) is 49.1. The molecule has 0 saturated carbocycles. The van der Waals surface area contributed by atoms with Crippen LogP contribution in [0.2, 0.25) is 0 Å². The number of carbonyl (C=O) groups excluding carboxylic acids is 4. The van der Waals surface area contributed by atoms with Crippen molar-refractivity contribution in [3.63, 3.8) is 0 Å². The topological polar surface area (TPSA) is 99.2 Å². The number of hydrogen-bond donors (Lipinski definition) is 0. The van der Waals surface area contributed by atoms with Gasteiger partial charge in [-0.2, -0.15) is 0 Å². The fourth-order valence-corrected chi connectivity index (χ4v) is 2.66. The number of esters is 2. The van der Waals surface area contributed by atoms with Gasteiger partial charge in [-0.3, -0.25) is 14.4 Å². The minimum Gasteiger partial charge on any atom is -0.453 e. The van der Waals surface area contributed by atoms with E-state index in [0.717, 1.165) is 0 Å². The van der Waals surface area contributed by atoms with E-state index in [4.69, 9.17) is 9.47 Å². The molecule has 0 aromatic heterocycles. The molecule has 0 atom stereocenters. The van der Waals surface area contributed by atoms with Crippen molar-refractivity contribution in [2.45, 2.75) is 32.5 Å². The highest BCUT2D eigenvalue weighted by molar-refractivity contribution is 6.16. The van der Waals surface area contributed by atoms with Crippen LogP contribution in [0.15, 0.2) is 0 Å². The van der Waals surface area contributed by atoms with Crippen molar-refractivity contribution < 1.29 is 33.4 Å². The summed E-state index contributed by atoms with van der Waals surface area (Å²) < 4.78 is 14.5. The standard InChI is InChI=1S/C14H19NO7/c1-14(2)21-11(17)9(12(18)22-14)10(16)8-4-6-15(7-5-8)13(19)20-3/h8-9H,4-7H2,1-3H3. The van der Waals surface area contributed by atoms with E-state index in [1.165, 1.54) is 25.9 Å². The molecule has 2 aliphatic rings. The number of carbonyl (C=O) groups is 4. The maximum absolute atomic E-state index is 12.4. The van der Waals surface area contributed by atoms with Crippen LogP contribution in [0.3, 0.4) is 0 Å². The van der Waals surface area contributed by atoms with Gasteiger partial charge in [0, 0.05) is 32.9 Å². The summed E-state index contributed by atoms with van der Waals surface area (Å²) in [5, 5.41) is 0. The molecule has 0 unspecified atom stereocenters. The molecule has 2 saturated heterocycles. The van der Waals surface area contributed by atoms with E-state index in [1.54, 1.807) is 0 Å². The zero-order valence-corrected chi connectivity index (χ0v) is 12.8. The van der Waals surface area contributed by atoms with Crippen molar-refractivity contribution in [2.75, 3.05) is 20.2 Å². The number of ketones is 1. The Morgan fingerprint density at radius 1 is 1.14 bits per heavy atom. The van der Waals surface area contributed by atoms with E-state index in [1.807, 2.05) is 0 Å². The number of ether oxygens (including phenoxy) is 3. The van der Waals surface area contributed by atoms with Crippen LogP contribution < -0.4 is 0 Å². The molecule has 0 radical (unpaired) electrons. The average molecular weight is 313 g/mol. The van der Waals surface area contributed by atoms with Gasteiger partial charge >= 0.3 is 18.0 Å². The van der Waals surface area contributed by atoms with Crippen molar-refractivity contribution >= 4 is 23.8 Å². The highest BCUT2D eigenvalue weighted by Gasteiger charge is 2.49. The van der Waals surface area contributed by atoms with E-state index in [9.17, 15) is 19.2 Å². The predicted octanol–water partition coefficient (Wildman–Crippen LogP) is 0.486. The van der Waals surface area contributed by atoms with Crippen molar-refractivity contribution in [2.24, 2.45) is 11.8 Å². The van der Waals surface area contributed by atoms with Gasteiger partial charge in [0.25, 0.3) is 5.79 Å². The Balaban J connectivity index is 2.00. The molecule has 0 aromatic carbocycles. The average Bonchev–Trinajstić information content (AvgIpc) is 2.44. The third-order valence-electron chi connectivity index (χ3n) is 3.78. The first kappa shape index (κ1) is 16.3. The summed E-state index contributed by atoms with van der Waals surface area (Å²) in [5.74, 6) is -5.60. The van der Waals surface area contributed by atoms with Gasteiger partial charge in [-0.05, 0) is 12.8 Å². The first-order valence-electron chi connectivity index (χ1n) is 7.07. The number of piperidine rings is 1. The number of cyclic esters (lactones) is 2. The summed E-state index contributed by atoms with van der Waals surface area (Å²) >= 11 is 0. The molecule has 22 heavy (non-hydrogen) atoms. The lowest BCUT2D eigenvalue weighted by Gasteiger charge is -2.35. The van der Waals surface area contributed by atoms with Crippen molar-refractivity contribution in [1.29, 1.82) is 0 Å². The molecule has 0 spiro atoms. The van der Waals surface area contributed by atoms with Gasteiger partial charge in [0.05, 0.1) is 7.11 Å². The Morgan fingerprint density at radius 3 is 2.09 bits per heavy atom. The number of rotatable bonds is 2. The molecule has 8 nitrogen and oxygen atoms in total. The second-order valence-electron chi connectivity index (χ2n) is 5.81. The number of methoxy groups -OCH3 is 1. The van der Waals surface area contributed by atoms with E-state index in [-0.39, 0.29) is 0 Å². The Kier molecular flexibility index (Phi) is 4.39. The molecular weight excluding hydrogens is 294 g/mol. The predicted molar refractivity (Wildman–Crippen MR) is 71.5 cm³/mol. The first-order valence-corrected chi connectivity index (χ1v) is 7.07. The van der Waals surface area contributed by atoms with Crippen LogP contribution in [0.1, 0.15) is 26.7 Å². The van der Waals surface area contributed by atoms with Gasteiger partial charge in [-0.1, -0.05) is 0 Å². The van der Waals surface area contributed by atoms with Gasteiger partial charge < -0.3 is 19.1 Å². The van der Waals surface area contributed by atoms with E-state index in [0.29, 0.717) is 25.9 Å². The number of likely N-dealkylation sites (tertiary alicyclic amines) is 1. The van der Waals surface area contributed by atoms with Gasteiger partial charge in [0.15, 0.2) is 5.78 Å². The summed E-state index contributed by atoms with van der Waals surface area (Å²) in [5.41, 5.74) is 0. The summed E-state index contributed by atoms with van der Waals surface area (Å²) in [6.45, 7) is 3.54. The SMILES string of the molecule is COC(=O)N1CCC(C(=O)C2C(=O)OC(C)(C)OC2=O)CC1. The lowest BCUT2D eigenvalue weighted by molar-refractivity contribution is -0.238. The van der Waals surface area contributed by atoms with Crippen molar-refractivity contribution in [3.05, 3.63) is 0 Å². The molecule has 1 amide bonds. The second kappa shape index (κ2) is 5.94. The van der Waals surface area contributed by atoms with E-state index >= 15 is 0 Å². The largest absolute Gasteiger partial charge is 0.453 e. The molecule has 122 valence electrons. The Labute approximate surface area is 127 Å². The Bertz CT molecular complexity index is 485. The molecule has 0 aliphatic carbocycles. The second-order valence-corrected chi connectivity index (χ2v) is 5.81. The summed E-state index contributed by atoms with van der Waals surface area (Å²) in [6.07, 6.45) is 0.284. The fourth-order valence-electron chi connectivity index (χ4n) is 2.66. The van der Waals surface area contributed by atoms with Crippen LogP contribution in [0.5, 0.6) is 0 Å². The molecule has 8 heteroatoms. The van der Waals surface area contributed by atoms with Crippen LogP contribution in [-0.2, 0) is 28.6 Å². The molecule has 2 fully saturated rings. The molecule has 2 heterocycles. The number of nitrogens with zero attached hydrogens (tertiary/aromatic N) is 1. The van der Waals surface area contributed by atoms with Crippen molar-refractivity contribution in [1.82, 2.24) is 4.90 Å². The molecule has 0 bridgehead atoms. The van der Waals surface area contributed by atoms with Gasteiger partial charge in [0.2, 0.25) is 5.92 Å². The summed E-state index contributed by atoms with van der Waals surface area (Å²) in [6, 6.07) is 0. The third kappa shape index (κ3) is 3.20. The van der Waals surface area contributed by atoms with Gasteiger partial charge in [0.1, 0.15) is 0 Å². The monoisotopic (exact) mass is 313 g/mol. The first-order chi connectivity index (χ1) is 10.2. The molecule has 2 aliphatic heterocycles. The highest BCUT2D eigenvalue weighted by Crippen LogP contribution is 2.28. The Hall–Kier alpha value is -2.12. The zero-order valence-electron chi connectivity index (χ0n) is 12.8. The number of amides is 1. The number of Topliss-reactive ketones (excluding diaryl/α,β-unsaturated/α-hetero) is 1. The van der Waals surface area contributed by atoms with E-state index < -0.39 is 41.4 Å². The quantitative estimate of drug-likeness (QED) is 0.540. The third-order valence-corrected chi connectivity index (χ3v) is 3.78. The smallest absolute Gasteiger partial charge is 0.409 e. The lowest BCUT2D eigenvalue weighted by atomic mass is 9.85. The minimum absolute atomic E-state index is 0.339. The van der Waals surface area contributed by atoms with Crippen LogP contribution in [0.4, 0.5) is 4.79 Å². The maximum Gasteiger partial charge on any atom is 0.409 e. The lowest BCUT2D eigenvalue weighted by Crippen LogP contribution is -2.51. The molecular formula is C14H19NO7. The molecule has 0 N–H and O–H groups in total. The maximum atomic E-state index is 12.4. The summed E-state index contributed by atoms with van der Waals surface area (Å²) in [7, 11) is 1.29. The number of hydrogen-bond acceptors (Lipinski definition) is 7. The van der Waals surface area contributed by atoms with Crippen LogP contribution in [0.25, 0.3) is 0 Å². The Morgan fingerprint density at radius 2 is 1.64 bits per heavy atom. The van der Waals surface area contributed by atoms with Gasteiger partial charge in [-0.15, -0.1) is 0 Å². The van der Waals surface area contributed by atoms with Crippen LogP contribution >= 0.6 is 0 Å². The van der Waals surface area contributed by atoms with Crippen LogP contribution in [-0.4, -0.2) is 54.7 Å². The zero-order chi connectivity index (χ0) is 16.5. The highest BCUT2D eigenvalue weighted by atomic mass is 16.7. The fraction of sp³-hybridized carbons (Fsp3) is 0.714. The normalized spacial score (nSPS) is 22.8. The molecule has 0 aromatic rings. The van der Waals surface area contributed by atoms with E-state index in [2.05, 4.69) is 4.74 Å². The minimum atomic E-state index is -1.53. The molecule has 2 rings (SSSR count). The van der Waals surface area contributed by atoms with Crippen molar-refractivity contribution in [3.8, 4) is 0 Å².